The molecule has 0 amide bonds. The Labute approximate surface area is 183 Å². The fourth-order valence-electron chi connectivity index (χ4n) is 4.97. The van der Waals surface area contributed by atoms with Crippen LogP contribution in [0.2, 0.25) is 0 Å². The molecule has 30 heavy (non-hydrogen) atoms. The van der Waals surface area contributed by atoms with Crippen molar-refractivity contribution < 1.29 is 0 Å². The Morgan fingerprint density at radius 2 is 1.87 bits per heavy atom. The summed E-state index contributed by atoms with van der Waals surface area (Å²) in [4.78, 5) is 15.4. The van der Waals surface area contributed by atoms with E-state index in [4.69, 9.17) is 4.98 Å². The largest absolute Gasteiger partial charge is 0.356 e. The zero-order valence-corrected chi connectivity index (χ0v) is 18.6. The number of hydrogen-bond acceptors (Lipinski definition) is 6. The molecule has 158 valence electrons. The average molecular weight is 422 g/mol. The topological polar surface area (TPSA) is 44.3 Å². The molecule has 2 saturated heterocycles. The molecule has 5 rings (SSSR count). The predicted molar refractivity (Wildman–Crippen MR) is 126 cm³/mol. The lowest BCUT2D eigenvalue weighted by Gasteiger charge is -2.33. The normalized spacial score (nSPS) is 21.0. The van der Waals surface area contributed by atoms with Crippen molar-refractivity contribution in [3.05, 3.63) is 42.0 Å². The van der Waals surface area contributed by atoms with Crippen LogP contribution in [-0.2, 0) is 0 Å². The highest BCUT2D eigenvalue weighted by Gasteiger charge is 2.25. The number of rotatable bonds is 6. The Kier molecular flexibility index (Phi) is 5.97. The second-order valence-electron chi connectivity index (χ2n) is 8.76. The lowest BCUT2D eigenvalue weighted by atomic mass is 9.96. The van der Waals surface area contributed by atoms with Crippen LogP contribution >= 0.6 is 11.3 Å². The second-order valence-corrected chi connectivity index (χ2v) is 9.62. The maximum absolute atomic E-state index is 4.74. The van der Waals surface area contributed by atoms with Crippen LogP contribution in [0.1, 0.15) is 25.7 Å². The van der Waals surface area contributed by atoms with Crippen LogP contribution in [0.15, 0.2) is 42.0 Å². The first-order valence-corrected chi connectivity index (χ1v) is 12.1. The van der Waals surface area contributed by atoms with Crippen molar-refractivity contribution in [1.29, 1.82) is 0 Å². The molecule has 1 unspecified atom stereocenters. The number of nitrogens with zero attached hydrogens (tertiary/aromatic N) is 4. The summed E-state index contributed by atoms with van der Waals surface area (Å²) in [6.07, 6.45) is 6.88. The molecule has 2 aromatic heterocycles. The Balaban J connectivity index is 1.24. The fourth-order valence-corrected chi connectivity index (χ4v) is 5.88. The summed E-state index contributed by atoms with van der Waals surface area (Å²) in [6.45, 7) is 5.69. The van der Waals surface area contributed by atoms with E-state index in [1.165, 1.54) is 48.7 Å². The van der Waals surface area contributed by atoms with Gasteiger partial charge in [0.25, 0.3) is 0 Å². The number of aromatic nitrogens is 2. The average Bonchev–Trinajstić information content (AvgIpc) is 3.41. The van der Waals surface area contributed by atoms with Gasteiger partial charge in [-0.15, -0.1) is 11.3 Å². The molecule has 5 nitrogen and oxygen atoms in total. The van der Waals surface area contributed by atoms with Crippen LogP contribution in [0.25, 0.3) is 21.3 Å². The SMILES string of the molecule is CN1CCCC1CNCC1CCN(c2ncnc3scc(-c4ccccc4)c23)CC1. The molecule has 0 radical (unpaired) electrons. The molecule has 3 aromatic rings. The summed E-state index contributed by atoms with van der Waals surface area (Å²) < 4.78 is 0. The van der Waals surface area contributed by atoms with E-state index in [0.717, 1.165) is 48.8 Å². The first kappa shape index (κ1) is 19.9. The molecule has 1 aromatic carbocycles. The molecule has 6 heteroatoms. The molecular formula is C24H31N5S. The van der Waals surface area contributed by atoms with E-state index >= 15 is 0 Å². The van der Waals surface area contributed by atoms with E-state index in [0.29, 0.717) is 0 Å². The van der Waals surface area contributed by atoms with E-state index in [-0.39, 0.29) is 0 Å². The van der Waals surface area contributed by atoms with Gasteiger partial charge in [0.1, 0.15) is 17.0 Å². The maximum Gasteiger partial charge on any atom is 0.141 e. The number of thiophene rings is 1. The van der Waals surface area contributed by atoms with Crippen molar-refractivity contribution in [1.82, 2.24) is 20.2 Å². The van der Waals surface area contributed by atoms with Crippen LogP contribution in [0.4, 0.5) is 5.82 Å². The zero-order chi connectivity index (χ0) is 20.3. The second kappa shape index (κ2) is 9.00. The number of piperidine rings is 1. The smallest absolute Gasteiger partial charge is 0.141 e. The third kappa shape index (κ3) is 4.09. The molecular weight excluding hydrogens is 390 g/mol. The molecule has 0 bridgehead atoms. The standard InChI is InChI=1S/C24H31N5S/c1-28-11-5-8-20(28)15-25-14-18-9-12-29(13-10-18)23-22-21(19-6-3-2-4-7-19)16-30-24(22)27-17-26-23/h2-4,6-7,16-18,20,25H,5,8-15H2,1H3. The molecule has 0 aliphatic carbocycles. The van der Waals surface area contributed by atoms with Gasteiger partial charge in [0, 0.05) is 36.6 Å². The van der Waals surface area contributed by atoms with Crippen molar-refractivity contribution in [2.75, 3.05) is 44.7 Å². The van der Waals surface area contributed by atoms with Crippen LogP contribution in [0.3, 0.4) is 0 Å². The number of anilines is 1. The minimum Gasteiger partial charge on any atom is -0.356 e. The van der Waals surface area contributed by atoms with Gasteiger partial charge in [-0.3, -0.25) is 0 Å². The first-order chi connectivity index (χ1) is 14.8. The number of hydrogen-bond donors (Lipinski definition) is 1. The highest BCUT2D eigenvalue weighted by atomic mass is 32.1. The number of likely N-dealkylation sites (tertiary alicyclic amines) is 1. The van der Waals surface area contributed by atoms with Crippen molar-refractivity contribution in [2.24, 2.45) is 5.92 Å². The Morgan fingerprint density at radius 3 is 2.63 bits per heavy atom. The van der Waals surface area contributed by atoms with Gasteiger partial charge in [0.15, 0.2) is 0 Å². The summed E-state index contributed by atoms with van der Waals surface area (Å²) in [5.41, 5.74) is 2.51. The summed E-state index contributed by atoms with van der Waals surface area (Å²) in [5, 5.41) is 7.20. The van der Waals surface area contributed by atoms with Crippen molar-refractivity contribution in [2.45, 2.75) is 31.7 Å². The Hall–Kier alpha value is -2.02. The van der Waals surface area contributed by atoms with Gasteiger partial charge in [-0.05, 0) is 57.3 Å². The molecule has 1 atom stereocenters. The van der Waals surface area contributed by atoms with E-state index in [1.807, 2.05) is 0 Å². The van der Waals surface area contributed by atoms with Gasteiger partial charge in [-0.25, -0.2) is 9.97 Å². The van der Waals surface area contributed by atoms with Crippen molar-refractivity contribution >= 4 is 27.4 Å². The monoisotopic (exact) mass is 421 g/mol. The van der Waals surface area contributed by atoms with Crippen LogP contribution < -0.4 is 10.2 Å². The minimum atomic E-state index is 0.731. The molecule has 2 fully saturated rings. The van der Waals surface area contributed by atoms with E-state index in [1.54, 1.807) is 17.7 Å². The first-order valence-electron chi connectivity index (χ1n) is 11.2. The van der Waals surface area contributed by atoms with Crippen LogP contribution in [0, 0.1) is 5.92 Å². The fraction of sp³-hybridized carbons (Fsp3) is 0.500. The van der Waals surface area contributed by atoms with Crippen LogP contribution in [-0.4, -0.2) is 60.7 Å². The number of likely N-dealkylation sites (N-methyl/N-ethyl adjacent to an activating group) is 1. The molecule has 1 N–H and O–H groups in total. The lowest BCUT2D eigenvalue weighted by molar-refractivity contribution is 0.289. The highest BCUT2D eigenvalue weighted by molar-refractivity contribution is 7.17. The molecule has 4 heterocycles. The molecule has 0 saturated carbocycles. The molecule has 0 spiro atoms. The van der Waals surface area contributed by atoms with Gasteiger partial charge < -0.3 is 15.1 Å². The quantitative estimate of drug-likeness (QED) is 0.644. The van der Waals surface area contributed by atoms with Crippen molar-refractivity contribution in [3.63, 3.8) is 0 Å². The minimum absolute atomic E-state index is 0.731. The maximum atomic E-state index is 4.74. The molecule has 2 aliphatic heterocycles. The molecule has 2 aliphatic rings. The summed E-state index contributed by atoms with van der Waals surface area (Å²) in [6, 6.07) is 11.4. The number of nitrogens with one attached hydrogen (secondary N) is 1. The summed E-state index contributed by atoms with van der Waals surface area (Å²) >= 11 is 1.72. The van der Waals surface area contributed by atoms with Crippen molar-refractivity contribution in [3.8, 4) is 11.1 Å². The number of benzene rings is 1. The zero-order valence-electron chi connectivity index (χ0n) is 17.8. The highest BCUT2D eigenvalue weighted by Crippen LogP contribution is 2.38. The van der Waals surface area contributed by atoms with Gasteiger partial charge >= 0.3 is 0 Å². The van der Waals surface area contributed by atoms with Gasteiger partial charge in [-0.2, -0.15) is 0 Å². The summed E-state index contributed by atoms with van der Waals surface area (Å²) in [7, 11) is 2.26. The van der Waals surface area contributed by atoms with E-state index in [2.05, 4.69) is 62.9 Å². The lowest BCUT2D eigenvalue weighted by Crippen LogP contribution is -2.41. The number of fused-ring (bicyclic) bond motifs is 1. The Morgan fingerprint density at radius 1 is 1.03 bits per heavy atom. The third-order valence-electron chi connectivity index (χ3n) is 6.83. The van der Waals surface area contributed by atoms with Gasteiger partial charge in [-0.1, -0.05) is 30.3 Å². The van der Waals surface area contributed by atoms with Crippen LogP contribution in [0.5, 0.6) is 0 Å². The predicted octanol–water partition coefficient (Wildman–Crippen LogP) is 4.26. The van der Waals surface area contributed by atoms with E-state index in [9.17, 15) is 0 Å². The Bertz CT molecular complexity index is 964. The van der Waals surface area contributed by atoms with E-state index < -0.39 is 0 Å². The third-order valence-corrected chi connectivity index (χ3v) is 7.72. The van der Waals surface area contributed by atoms with Gasteiger partial charge in [0.05, 0.1) is 5.39 Å². The summed E-state index contributed by atoms with van der Waals surface area (Å²) in [5.74, 6) is 1.88. The van der Waals surface area contributed by atoms with Gasteiger partial charge in [0.2, 0.25) is 0 Å².